The van der Waals surface area contributed by atoms with Crippen LogP contribution in [0.15, 0.2) is 23.1 Å². The summed E-state index contributed by atoms with van der Waals surface area (Å²) in [4.78, 5) is 0.395. The van der Waals surface area contributed by atoms with Crippen LogP contribution in [0.4, 0.5) is 4.39 Å². The van der Waals surface area contributed by atoms with Gasteiger partial charge in [0, 0.05) is 22.0 Å². The second kappa shape index (κ2) is 3.46. The van der Waals surface area contributed by atoms with Crippen molar-refractivity contribution in [1.82, 2.24) is 0 Å². The van der Waals surface area contributed by atoms with Gasteiger partial charge in [0.15, 0.2) is 0 Å². The second-order valence-corrected chi connectivity index (χ2v) is 3.59. The molecule has 0 spiro atoms. The highest BCUT2D eigenvalue weighted by molar-refractivity contribution is 7.84. The van der Waals surface area contributed by atoms with Gasteiger partial charge in [-0.05, 0) is 18.2 Å². The lowest BCUT2D eigenvalue weighted by atomic mass is 10.2. The molecule has 12 heavy (non-hydrogen) atoms. The van der Waals surface area contributed by atoms with Crippen molar-refractivity contribution in [1.29, 1.82) is 5.26 Å². The molecule has 0 amide bonds. The first-order chi connectivity index (χ1) is 5.65. The third kappa shape index (κ3) is 1.69. The van der Waals surface area contributed by atoms with Gasteiger partial charge in [-0.25, -0.2) is 4.39 Å². The van der Waals surface area contributed by atoms with Gasteiger partial charge in [0.2, 0.25) is 0 Å². The molecule has 0 saturated heterocycles. The first-order valence-electron chi connectivity index (χ1n) is 3.18. The Morgan fingerprint density at radius 2 is 2.25 bits per heavy atom. The van der Waals surface area contributed by atoms with E-state index in [-0.39, 0.29) is 5.56 Å². The molecule has 0 N–H and O–H groups in total. The van der Waals surface area contributed by atoms with E-state index in [9.17, 15) is 8.60 Å². The van der Waals surface area contributed by atoms with E-state index in [0.29, 0.717) is 4.90 Å². The molecule has 0 fully saturated rings. The van der Waals surface area contributed by atoms with Gasteiger partial charge < -0.3 is 0 Å². The number of benzene rings is 1. The zero-order chi connectivity index (χ0) is 9.14. The topological polar surface area (TPSA) is 40.9 Å². The molecule has 0 radical (unpaired) electrons. The van der Waals surface area contributed by atoms with Crippen LogP contribution in [0.5, 0.6) is 0 Å². The molecule has 62 valence electrons. The van der Waals surface area contributed by atoms with Crippen LogP contribution < -0.4 is 0 Å². The van der Waals surface area contributed by atoms with Crippen molar-refractivity contribution in [3.63, 3.8) is 0 Å². The standard InChI is InChI=1S/C8H6FNOS/c1-12(11)7-3-2-6(5-10)8(9)4-7/h2-4H,1H3. The smallest absolute Gasteiger partial charge is 0.142 e. The van der Waals surface area contributed by atoms with Crippen molar-refractivity contribution >= 4 is 10.8 Å². The Morgan fingerprint density at radius 1 is 1.58 bits per heavy atom. The van der Waals surface area contributed by atoms with Gasteiger partial charge in [0.05, 0.1) is 5.56 Å². The van der Waals surface area contributed by atoms with Gasteiger partial charge >= 0.3 is 0 Å². The molecule has 0 aliphatic carbocycles. The zero-order valence-electron chi connectivity index (χ0n) is 6.37. The maximum Gasteiger partial charge on any atom is 0.142 e. The van der Waals surface area contributed by atoms with E-state index in [1.54, 1.807) is 6.07 Å². The number of nitrogens with zero attached hydrogens (tertiary/aromatic N) is 1. The Labute approximate surface area is 72.1 Å². The molecular weight excluding hydrogens is 177 g/mol. The van der Waals surface area contributed by atoms with Crippen LogP contribution in [0, 0.1) is 17.1 Å². The second-order valence-electron chi connectivity index (χ2n) is 2.21. The van der Waals surface area contributed by atoms with Crippen LogP contribution >= 0.6 is 0 Å². The van der Waals surface area contributed by atoms with E-state index in [1.165, 1.54) is 18.4 Å². The molecule has 1 rings (SSSR count). The lowest BCUT2D eigenvalue weighted by molar-refractivity contribution is 0.619. The van der Waals surface area contributed by atoms with Crippen molar-refractivity contribution in [2.24, 2.45) is 0 Å². The van der Waals surface area contributed by atoms with Gasteiger partial charge in [-0.2, -0.15) is 5.26 Å². The number of nitriles is 1. The van der Waals surface area contributed by atoms with Crippen molar-refractivity contribution in [2.45, 2.75) is 4.90 Å². The normalized spacial score (nSPS) is 12.1. The van der Waals surface area contributed by atoms with Gasteiger partial charge in [0.25, 0.3) is 0 Å². The van der Waals surface area contributed by atoms with Crippen molar-refractivity contribution < 1.29 is 8.60 Å². The van der Waals surface area contributed by atoms with E-state index in [2.05, 4.69) is 0 Å². The quantitative estimate of drug-likeness (QED) is 0.661. The lowest BCUT2D eigenvalue weighted by Gasteiger charge is -1.96. The van der Waals surface area contributed by atoms with Crippen LogP contribution in [-0.2, 0) is 10.8 Å². The average molecular weight is 183 g/mol. The van der Waals surface area contributed by atoms with Gasteiger partial charge in [-0.3, -0.25) is 4.21 Å². The zero-order valence-corrected chi connectivity index (χ0v) is 7.19. The van der Waals surface area contributed by atoms with E-state index < -0.39 is 16.6 Å². The molecule has 0 aliphatic heterocycles. The summed E-state index contributed by atoms with van der Waals surface area (Å²) >= 11 is 0. The minimum absolute atomic E-state index is 0.0239. The van der Waals surface area contributed by atoms with Gasteiger partial charge in [0.1, 0.15) is 11.9 Å². The summed E-state index contributed by atoms with van der Waals surface area (Å²) in [5.74, 6) is -0.620. The monoisotopic (exact) mass is 183 g/mol. The summed E-state index contributed by atoms with van der Waals surface area (Å²) < 4.78 is 23.7. The summed E-state index contributed by atoms with van der Waals surface area (Å²) in [7, 11) is -1.20. The fraction of sp³-hybridized carbons (Fsp3) is 0.125. The van der Waals surface area contributed by atoms with Crippen molar-refractivity contribution in [3.05, 3.63) is 29.6 Å². The molecule has 0 aliphatic rings. The molecule has 2 nitrogen and oxygen atoms in total. The molecule has 1 aromatic carbocycles. The minimum atomic E-state index is -1.20. The van der Waals surface area contributed by atoms with E-state index in [4.69, 9.17) is 5.26 Å². The van der Waals surface area contributed by atoms with Crippen LogP contribution in [0.3, 0.4) is 0 Å². The maximum absolute atomic E-state index is 12.9. The molecule has 1 unspecified atom stereocenters. The number of hydrogen-bond donors (Lipinski definition) is 0. The number of rotatable bonds is 1. The third-order valence-corrected chi connectivity index (χ3v) is 2.31. The SMILES string of the molecule is CS(=O)c1ccc(C#N)c(F)c1. The number of hydrogen-bond acceptors (Lipinski definition) is 2. The molecule has 1 atom stereocenters. The fourth-order valence-electron chi connectivity index (χ4n) is 0.765. The third-order valence-electron chi connectivity index (χ3n) is 1.39. The molecule has 0 saturated carbocycles. The van der Waals surface area contributed by atoms with E-state index in [1.807, 2.05) is 0 Å². The minimum Gasteiger partial charge on any atom is -0.255 e. The summed E-state index contributed by atoms with van der Waals surface area (Å²) in [6, 6.07) is 5.62. The van der Waals surface area contributed by atoms with Crippen molar-refractivity contribution in [2.75, 3.05) is 6.26 Å². The predicted molar refractivity (Wildman–Crippen MR) is 43.4 cm³/mol. The Kier molecular flexibility index (Phi) is 2.56. The summed E-state index contributed by atoms with van der Waals surface area (Å²) in [5, 5.41) is 8.38. The summed E-state index contributed by atoms with van der Waals surface area (Å²) in [6.07, 6.45) is 1.46. The molecule has 0 heterocycles. The Morgan fingerprint density at radius 3 is 2.67 bits per heavy atom. The summed E-state index contributed by atoms with van der Waals surface area (Å²) in [5.41, 5.74) is -0.0239. The molecule has 4 heteroatoms. The Balaban J connectivity index is 3.21. The molecule has 0 bridgehead atoms. The van der Waals surface area contributed by atoms with Crippen LogP contribution in [0.25, 0.3) is 0 Å². The highest BCUT2D eigenvalue weighted by atomic mass is 32.2. The first kappa shape index (κ1) is 8.88. The fourth-order valence-corrected chi connectivity index (χ4v) is 1.29. The maximum atomic E-state index is 12.9. The largest absolute Gasteiger partial charge is 0.255 e. The van der Waals surface area contributed by atoms with Gasteiger partial charge in [-0.15, -0.1) is 0 Å². The molecule has 0 aromatic heterocycles. The summed E-state index contributed by atoms with van der Waals surface area (Å²) in [6.45, 7) is 0. The van der Waals surface area contributed by atoms with Crippen LogP contribution in [0.1, 0.15) is 5.56 Å². The van der Waals surface area contributed by atoms with E-state index in [0.717, 1.165) is 6.07 Å². The highest BCUT2D eigenvalue weighted by Crippen LogP contribution is 2.11. The number of halogens is 1. The molecular formula is C8H6FNOS. The first-order valence-corrected chi connectivity index (χ1v) is 4.74. The Hall–Kier alpha value is -1.21. The average Bonchev–Trinajstić information content (AvgIpc) is 2.04. The Bertz CT molecular complexity index is 370. The lowest BCUT2D eigenvalue weighted by Crippen LogP contribution is -1.90. The van der Waals surface area contributed by atoms with E-state index >= 15 is 0 Å². The van der Waals surface area contributed by atoms with Gasteiger partial charge in [-0.1, -0.05) is 0 Å². The predicted octanol–water partition coefficient (Wildman–Crippen LogP) is 1.43. The van der Waals surface area contributed by atoms with Crippen LogP contribution in [-0.4, -0.2) is 10.5 Å². The van der Waals surface area contributed by atoms with Crippen LogP contribution in [0.2, 0.25) is 0 Å². The molecule has 1 aromatic rings. The highest BCUT2D eigenvalue weighted by Gasteiger charge is 2.03. The van der Waals surface area contributed by atoms with Crippen molar-refractivity contribution in [3.8, 4) is 6.07 Å².